The number of likely N-dealkylation sites (N-methyl/N-ethyl adjacent to an activating group) is 1. The SMILES string of the molecule is C=C.CN(C)C(C(=O)O)C(=O)O.O=[P+]([O-])OO.[CH2-]CC(C[NH-])(CO)CO.[HH].[Pt+2]. The van der Waals surface area contributed by atoms with Gasteiger partial charge >= 0.3 is 41.3 Å². The van der Waals surface area contributed by atoms with E-state index in [1.807, 2.05) is 0 Å². The number of aliphatic hydroxyl groups is 2. The number of rotatable bonds is 8. The first-order valence-electron chi connectivity index (χ1n) is 6.72. The third-order valence-electron chi connectivity index (χ3n) is 2.63. The number of hydrogen-bond acceptors (Lipinski definition) is 9. The van der Waals surface area contributed by atoms with Crippen LogP contribution in [0.3, 0.4) is 0 Å². The van der Waals surface area contributed by atoms with E-state index in [9.17, 15) is 9.59 Å². The van der Waals surface area contributed by atoms with E-state index in [2.05, 4.69) is 24.8 Å². The van der Waals surface area contributed by atoms with E-state index >= 15 is 0 Å². The summed E-state index contributed by atoms with van der Waals surface area (Å²) in [6.07, 6.45) is 0.406. The van der Waals surface area contributed by atoms with Crippen molar-refractivity contribution in [3.8, 4) is 0 Å². The fourth-order valence-electron chi connectivity index (χ4n) is 0.956. The Morgan fingerprint density at radius 1 is 1.30 bits per heavy atom. The van der Waals surface area contributed by atoms with Crippen LogP contribution >= 0.6 is 8.25 Å². The van der Waals surface area contributed by atoms with E-state index in [0.29, 0.717) is 6.42 Å². The molecule has 0 fully saturated rings. The van der Waals surface area contributed by atoms with Crippen LogP contribution in [0.2, 0.25) is 0 Å². The molecule has 0 spiro atoms. The molecule has 0 radical (unpaired) electrons. The monoisotopic (exact) mass is 599 g/mol. The molecule has 0 aromatic carbocycles. The van der Waals surface area contributed by atoms with Gasteiger partial charge in [0.05, 0.1) is 0 Å². The van der Waals surface area contributed by atoms with E-state index < -0.39 is 31.7 Å². The summed E-state index contributed by atoms with van der Waals surface area (Å²) >= 11 is 0. The molecule has 14 heteroatoms. The third-order valence-corrected chi connectivity index (χ3v) is 2.76. The zero-order chi connectivity index (χ0) is 21.9. The maximum Gasteiger partial charge on any atom is 2.00 e. The Labute approximate surface area is 174 Å². The second kappa shape index (κ2) is 23.2. The van der Waals surface area contributed by atoms with Gasteiger partial charge in [-0.3, -0.25) is 4.90 Å². The van der Waals surface area contributed by atoms with Crippen LogP contribution in [0.15, 0.2) is 13.2 Å². The molecule has 0 saturated carbocycles. The molecule has 0 aromatic rings. The number of nitrogens with zero attached hydrogens (tertiary/aromatic N) is 1. The van der Waals surface area contributed by atoms with Crippen LogP contribution in [0.5, 0.6) is 0 Å². The number of aliphatic carboxylic acids is 2. The fourth-order valence-corrected chi connectivity index (χ4v) is 0.956. The first-order valence-corrected chi connectivity index (χ1v) is 7.81. The Kier molecular flexibility index (Phi) is 31.8. The van der Waals surface area contributed by atoms with Crippen LogP contribution < -0.4 is 4.89 Å². The Bertz CT molecular complexity index is 372. The van der Waals surface area contributed by atoms with Crippen molar-refractivity contribution in [1.82, 2.24) is 4.90 Å². The number of hydrogen-bond donors (Lipinski definition) is 5. The van der Waals surface area contributed by atoms with E-state index in [4.69, 9.17) is 40.9 Å². The molecule has 0 heterocycles. The Morgan fingerprint density at radius 3 is 1.59 bits per heavy atom. The summed E-state index contributed by atoms with van der Waals surface area (Å²) < 4.78 is 11.6. The van der Waals surface area contributed by atoms with Gasteiger partial charge in [0.2, 0.25) is 6.04 Å². The number of carbonyl (C=O) groups is 2. The van der Waals surface area contributed by atoms with Crippen molar-refractivity contribution in [2.45, 2.75) is 12.5 Å². The summed E-state index contributed by atoms with van der Waals surface area (Å²) in [4.78, 5) is 30.4. The Balaban J connectivity index is -0.0000000623. The zero-order valence-electron chi connectivity index (χ0n) is 15.0. The standard InChI is InChI=1S/C6H13NO2.C5H9NO4.C2H4.HO4P.Pt.H2/c1-2-6(3-7,4-8)5-9;1-6(2)3(4(7)8)5(9)10;1-2;1-4-5(2)3;;/h7-9H,1-5H2;3H,1-2H3,(H,7,8)(H,9,10);1-2H2;1H;;1H/q-2;;;;+2;. The molecule has 0 aliphatic rings. The molecule has 0 amide bonds. The van der Waals surface area contributed by atoms with E-state index in [1.165, 1.54) is 14.1 Å². The van der Waals surface area contributed by atoms with Crippen molar-refractivity contribution in [2.24, 2.45) is 5.41 Å². The van der Waals surface area contributed by atoms with Crippen LogP contribution in [0.1, 0.15) is 7.85 Å². The summed E-state index contributed by atoms with van der Waals surface area (Å²) in [6, 6.07) is -1.44. The van der Waals surface area contributed by atoms with Crippen molar-refractivity contribution in [1.29, 1.82) is 0 Å². The molecule has 12 nitrogen and oxygen atoms in total. The van der Waals surface area contributed by atoms with Gasteiger partial charge in [-0.1, -0.05) is 0 Å². The van der Waals surface area contributed by atoms with Gasteiger partial charge in [0.25, 0.3) is 0 Å². The molecular weight excluding hydrogens is 570 g/mol. The van der Waals surface area contributed by atoms with E-state index in [-0.39, 0.29) is 42.3 Å². The number of aliphatic hydroxyl groups excluding tert-OH is 2. The molecular formula is C13H29N2O10PPt. The zero-order valence-corrected chi connectivity index (χ0v) is 18.2. The van der Waals surface area contributed by atoms with Gasteiger partial charge in [-0.05, 0) is 24.1 Å². The van der Waals surface area contributed by atoms with Crippen LogP contribution in [-0.2, 0) is 39.9 Å². The Morgan fingerprint density at radius 2 is 1.59 bits per heavy atom. The molecule has 0 saturated heterocycles. The predicted octanol–water partition coefficient (Wildman–Crippen LogP) is -0.141. The van der Waals surface area contributed by atoms with Crippen LogP contribution in [0.4, 0.5) is 0 Å². The van der Waals surface area contributed by atoms with Crippen molar-refractivity contribution in [3.05, 3.63) is 25.8 Å². The molecule has 166 valence electrons. The van der Waals surface area contributed by atoms with Crippen LogP contribution in [-0.4, -0.2) is 82.4 Å². The largest absolute Gasteiger partial charge is 2.00 e. The van der Waals surface area contributed by atoms with Gasteiger partial charge in [0.1, 0.15) is 0 Å². The normalized spacial score (nSPS) is 10.1. The maximum absolute atomic E-state index is 10.2. The average Bonchev–Trinajstić information content (AvgIpc) is 2.59. The van der Waals surface area contributed by atoms with Crippen LogP contribution in [0.25, 0.3) is 5.73 Å². The molecule has 0 aliphatic heterocycles. The van der Waals surface area contributed by atoms with Gasteiger partial charge in [0, 0.05) is 19.3 Å². The third kappa shape index (κ3) is 21.3. The van der Waals surface area contributed by atoms with Crippen molar-refractivity contribution >= 4 is 20.2 Å². The minimum Gasteiger partial charge on any atom is -0.677 e. The summed E-state index contributed by atoms with van der Waals surface area (Å²) in [7, 11) is -0.251. The van der Waals surface area contributed by atoms with Gasteiger partial charge in [0.15, 0.2) is 0 Å². The van der Waals surface area contributed by atoms with Gasteiger partial charge in [-0.2, -0.15) is 6.42 Å². The predicted molar refractivity (Wildman–Crippen MR) is 93.2 cm³/mol. The molecule has 0 rings (SSSR count). The molecule has 6 N–H and O–H groups in total. The summed E-state index contributed by atoms with van der Waals surface area (Å²) in [5, 5.41) is 40.9. The van der Waals surface area contributed by atoms with Gasteiger partial charge in [-0.15, -0.1) is 19.7 Å². The van der Waals surface area contributed by atoms with Gasteiger partial charge < -0.3 is 38.0 Å². The first kappa shape index (κ1) is 37.0. The first-order chi connectivity index (χ1) is 12.0. The number of carboxylic acid groups (broad SMARTS) is 2. The smallest absolute Gasteiger partial charge is 0.677 e. The second-order valence-corrected chi connectivity index (χ2v) is 5.20. The molecule has 1 atom stereocenters. The van der Waals surface area contributed by atoms with E-state index in [1.54, 1.807) is 0 Å². The summed E-state index contributed by atoms with van der Waals surface area (Å²) in [5.41, 5.74) is 6.28. The second-order valence-electron chi connectivity index (χ2n) is 4.59. The molecule has 27 heavy (non-hydrogen) atoms. The topological polar surface area (TPSA) is 212 Å². The summed E-state index contributed by atoms with van der Waals surface area (Å²) in [5.74, 6) is -2.70. The fraction of sp³-hybridized carbons (Fsp3) is 0.615. The molecule has 0 bridgehead atoms. The number of nitrogens with one attached hydrogen (secondary N) is 1. The van der Waals surface area contributed by atoms with Crippen LogP contribution in [0, 0.1) is 12.3 Å². The summed E-state index contributed by atoms with van der Waals surface area (Å²) in [6.45, 7) is 9.25. The molecule has 0 aromatic heterocycles. The average molecular weight is 599 g/mol. The maximum atomic E-state index is 10.2. The van der Waals surface area contributed by atoms with Crippen molar-refractivity contribution in [3.63, 3.8) is 0 Å². The Hall–Kier alpha value is -0.812. The van der Waals surface area contributed by atoms with Crippen molar-refractivity contribution in [2.75, 3.05) is 33.9 Å². The number of carboxylic acids is 2. The molecule has 1 unspecified atom stereocenters. The van der Waals surface area contributed by atoms with Gasteiger partial charge in [-0.25, -0.2) is 14.8 Å². The quantitative estimate of drug-likeness (QED) is 0.0619. The minimum atomic E-state index is -3.04. The minimum absolute atomic E-state index is 0. The van der Waals surface area contributed by atoms with Crippen molar-refractivity contribution < 1.29 is 71.9 Å². The molecule has 0 aliphatic carbocycles. The van der Waals surface area contributed by atoms with E-state index in [0.717, 1.165) is 4.90 Å².